The molecule has 2 aromatic rings. The van der Waals surface area contributed by atoms with E-state index in [1.165, 1.54) is 12.1 Å². The third kappa shape index (κ3) is 3.84. The van der Waals surface area contributed by atoms with Gasteiger partial charge in [0.25, 0.3) is 0 Å². The first-order valence-electron chi connectivity index (χ1n) is 11.7. The Morgan fingerprint density at radius 3 is 2.40 bits per heavy atom. The summed E-state index contributed by atoms with van der Waals surface area (Å²) in [4.78, 5) is 0. The average molecular weight is 467 g/mol. The molecule has 6 heteroatoms. The summed E-state index contributed by atoms with van der Waals surface area (Å²) in [5, 5.41) is 30.6. The lowest BCUT2D eigenvalue weighted by Gasteiger charge is -2.44. The normalized spacial score (nSPS) is 20.7. The molecule has 0 amide bonds. The first kappa shape index (κ1) is 24.1. The maximum absolute atomic E-state index is 13.3. The van der Waals surface area contributed by atoms with Gasteiger partial charge in [-0.2, -0.15) is 15.8 Å². The summed E-state index contributed by atoms with van der Waals surface area (Å²) in [6.45, 7) is 6.25. The van der Waals surface area contributed by atoms with Crippen molar-refractivity contribution in [2.75, 3.05) is 0 Å². The molecule has 2 atom stereocenters. The van der Waals surface area contributed by atoms with Crippen molar-refractivity contribution in [3.63, 3.8) is 0 Å². The number of benzene rings is 2. The Labute approximate surface area is 205 Å². The third-order valence-electron chi connectivity index (χ3n) is 7.50. The van der Waals surface area contributed by atoms with E-state index < -0.39 is 11.3 Å². The zero-order valence-corrected chi connectivity index (χ0v) is 20.2. The lowest BCUT2D eigenvalue weighted by molar-refractivity contribution is 0.300. The molecule has 0 unspecified atom stereocenters. The summed E-state index contributed by atoms with van der Waals surface area (Å²) in [6, 6.07) is 14.6. The van der Waals surface area contributed by atoms with E-state index in [0.29, 0.717) is 5.75 Å². The van der Waals surface area contributed by atoms with Crippen LogP contribution in [0.1, 0.15) is 53.0 Å². The fraction of sp³-hybridized carbons (Fsp3) is 0.345. The monoisotopic (exact) mass is 466 g/mol. The molecule has 2 aromatic carbocycles. The van der Waals surface area contributed by atoms with E-state index in [1.807, 2.05) is 26.8 Å². The van der Waals surface area contributed by atoms with Gasteiger partial charge in [-0.05, 0) is 104 Å². The number of nitrogens with two attached hydrogens (primary N) is 1. The van der Waals surface area contributed by atoms with Crippen molar-refractivity contribution in [2.24, 2.45) is 17.1 Å². The molecule has 0 spiro atoms. The van der Waals surface area contributed by atoms with Gasteiger partial charge in [-0.3, -0.25) is 0 Å². The highest BCUT2D eigenvalue weighted by atomic mass is 19.1. The van der Waals surface area contributed by atoms with Gasteiger partial charge in [-0.1, -0.05) is 12.1 Å². The van der Waals surface area contributed by atoms with Crippen LogP contribution in [0.2, 0.25) is 0 Å². The fourth-order valence-corrected chi connectivity index (χ4v) is 5.82. The summed E-state index contributed by atoms with van der Waals surface area (Å²) in [6.07, 6.45) is 4.57. The van der Waals surface area contributed by atoms with Crippen LogP contribution in [0.3, 0.4) is 0 Å². The van der Waals surface area contributed by atoms with E-state index in [2.05, 4.69) is 24.3 Å². The molecule has 0 fully saturated rings. The molecule has 2 N–H and O–H groups in total. The largest absolute Gasteiger partial charge is 0.489 e. The Morgan fingerprint density at radius 1 is 1.09 bits per heavy atom. The Balaban J connectivity index is 1.89. The second-order valence-corrected chi connectivity index (χ2v) is 9.38. The Kier molecular flexibility index (Phi) is 6.38. The predicted octanol–water partition coefficient (Wildman–Crippen LogP) is 5.92. The number of hydrogen-bond acceptors (Lipinski definition) is 5. The first-order chi connectivity index (χ1) is 16.8. The van der Waals surface area contributed by atoms with Crippen LogP contribution in [0.25, 0.3) is 0 Å². The van der Waals surface area contributed by atoms with Crippen LogP contribution in [0.15, 0.2) is 53.3 Å². The van der Waals surface area contributed by atoms with E-state index in [9.17, 15) is 20.2 Å². The molecule has 0 heterocycles. The highest BCUT2D eigenvalue weighted by Crippen LogP contribution is 2.57. The van der Waals surface area contributed by atoms with Gasteiger partial charge in [0.15, 0.2) is 5.41 Å². The molecule has 5 nitrogen and oxygen atoms in total. The molecule has 0 saturated carbocycles. The lowest BCUT2D eigenvalue weighted by atomic mass is 9.55. The van der Waals surface area contributed by atoms with Gasteiger partial charge < -0.3 is 10.5 Å². The van der Waals surface area contributed by atoms with Gasteiger partial charge >= 0.3 is 0 Å². The topological polar surface area (TPSA) is 107 Å². The van der Waals surface area contributed by atoms with Crippen molar-refractivity contribution in [3.05, 3.63) is 86.9 Å². The smallest absolute Gasteiger partial charge is 0.191 e. The summed E-state index contributed by atoms with van der Waals surface area (Å²) < 4.78 is 19.3. The van der Waals surface area contributed by atoms with Crippen molar-refractivity contribution in [1.29, 1.82) is 15.8 Å². The molecule has 2 aliphatic rings. The van der Waals surface area contributed by atoms with Gasteiger partial charge in [0.1, 0.15) is 24.2 Å². The number of rotatable bonds is 4. The first-order valence-corrected chi connectivity index (χ1v) is 11.7. The number of halogens is 1. The van der Waals surface area contributed by atoms with Crippen LogP contribution < -0.4 is 10.5 Å². The SMILES string of the molecule is Cc1cc(C)c([C@H]2[C@H]3CCCC=C3C(C#N)=C(N)C2(C#N)C#N)c(C)c1COc1ccc(F)cc1. The van der Waals surface area contributed by atoms with Crippen LogP contribution in [-0.2, 0) is 6.61 Å². The minimum atomic E-state index is -1.65. The lowest BCUT2D eigenvalue weighted by Crippen LogP contribution is -2.43. The Morgan fingerprint density at radius 2 is 1.77 bits per heavy atom. The van der Waals surface area contributed by atoms with Gasteiger partial charge in [-0.25, -0.2) is 4.39 Å². The second-order valence-electron chi connectivity index (χ2n) is 9.38. The third-order valence-corrected chi connectivity index (χ3v) is 7.50. The van der Waals surface area contributed by atoms with Crippen LogP contribution in [0.5, 0.6) is 5.75 Å². The molecule has 0 radical (unpaired) electrons. The number of nitriles is 3. The van der Waals surface area contributed by atoms with Gasteiger partial charge in [0, 0.05) is 5.92 Å². The number of fused-ring (bicyclic) bond motifs is 1. The van der Waals surface area contributed by atoms with Crippen LogP contribution >= 0.6 is 0 Å². The number of aryl methyl sites for hydroxylation is 2. The number of hydrogen-bond donors (Lipinski definition) is 1. The molecule has 2 aliphatic carbocycles. The van der Waals surface area contributed by atoms with E-state index in [-0.39, 0.29) is 29.6 Å². The van der Waals surface area contributed by atoms with Gasteiger partial charge in [0.2, 0.25) is 0 Å². The van der Waals surface area contributed by atoms with E-state index in [4.69, 9.17) is 10.5 Å². The van der Waals surface area contributed by atoms with Crippen molar-refractivity contribution in [1.82, 2.24) is 0 Å². The predicted molar refractivity (Wildman–Crippen MR) is 130 cm³/mol. The molecule has 0 aromatic heterocycles. The average Bonchev–Trinajstić information content (AvgIpc) is 2.85. The molecule has 176 valence electrons. The van der Waals surface area contributed by atoms with E-state index >= 15 is 0 Å². The second kappa shape index (κ2) is 9.28. The molecule has 0 bridgehead atoms. The number of ether oxygens (including phenoxy) is 1. The van der Waals surface area contributed by atoms with Crippen LogP contribution in [0, 0.1) is 71.9 Å². The maximum Gasteiger partial charge on any atom is 0.191 e. The number of nitrogens with zero attached hydrogens (tertiary/aromatic N) is 3. The molecule has 0 saturated heterocycles. The standard InChI is InChI=1S/C29H27FN4O/c1-17-12-18(2)26(19(3)25(17)14-35-21-10-8-20(30)9-11-21)27-23-7-5-4-6-22(23)24(13-31)28(34)29(27,15-32)16-33/h6,8-12,23,27H,4-5,7,14,34H2,1-3H3/t23-,27+/m0/s1. The Bertz CT molecular complexity index is 1350. The molecule has 35 heavy (non-hydrogen) atoms. The molecular formula is C29H27FN4O. The highest BCUT2D eigenvalue weighted by molar-refractivity contribution is 5.61. The Hall–Kier alpha value is -4.08. The zero-order chi connectivity index (χ0) is 25.3. The maximum atomic E-state index is 13.3. The van der Waals surface area contributed by atoms with Crippen molar-refractivity contribution >= 4 is 0 Å². The summed E-state index contributed by atoms with van der Waals surface area (Å²) in [7, 11) is 0. The minimum absolute atomic E-state index is 0.0443. The summed E-state index contributed by atoms with van der Waals surface area (Å²) >= 11 is 0. The van der Waals surface area contributed by atoms with Crippen LogP contribution in [0.4, 0.5) is 4.39 Å². The summed E-state index contributed by atoms with van der Waals surface area (Å²) in [5.41, 5.74) is 10.8. The molecular weight excluding hydrogens is 439 g/mol. The fourth-order valence-electron chi connectivity index (χ4n) is 5.82. The minimum Gasteiger partial charge on any atom is -0.489 e. The van der Waals surface area contributed by atoms with E-state index in [1.54, 1.807) is 12.1 Å². The molecule has 4 rings (SSSR count). The van der Waals surface area contributed by atoms with E-state index in [0.717, 1.165) is 52.7 Å². The van der Waals surface area contributed by atoms with Crippen LogP contribution in [-0.4, -0.2) is 0 Å². The number of allylic oxidation sites excluding steroid dienone is 4. The quantitative estimate of drug-likeness (QED) is 0.601. The highest BCUT2D eigenvalue weighted by Gasteiger charge is 2.54. The van der Waals surface area contributed by atoms with Gasteiger partial charge in [-0.15, -0.1) is 0 Å². The van der Waals surface area contributed by atoms with Gasteiger partial charge in [0.05, 0.1) is 23.4 Å². The summed E-state index contributed by atoms with van der Waals surface area (Å²) in [5.74, 6) is -0.443. The molecule has 0 aliphatic heterocycles. The van der Waals surface area contributed by atoms with Crippen molar-refractivity contribution in [3.8, 4) is 24.0 Å². The van der Waals surface area contributed by atoms with Crippen molar-refractivity contribution in [2.45, 2.75) is 52.6 Å². The van der Waals surface area contributed by atoms with Crippen molar-refractivity contribution < 1.29 is 9.13 Å². The zero-order valence-electron chi connectivity index (χ0n) is 20.2.